The molecule has 1 N–H and O–H groups in total. The molecule has 0 aromatic heterocycles. The summed E-state index contributed by atoms with van der Waals surface area (Å²) in [6.07, 6.45) is 6.15. The Labute approximate surface area is 98.6 Å². The lowest BCUT2D eigenvalue weighted by Crippen LogP contribution is -2.45. The van der Waals surface area contributed by atoms with Gasteiger partial charge in [0, 0.05) is 13.6 Å². The molecule has 0 radical (unpaired) electrons. The fourth-order valence-electron chi connectivity index (χ4n) is 3.20. The number of fused-ring (bicyclic) bond motifs is 1. The molecule has 0 aromatic carbocycles. The first kappa shape index (κ1) is 11.9. The largest absolute Gasteiger partial charge is 0.344 e. The number of hydrogen-bond donors (Lipinski definition) is 1. The van der Waals surface area contributed by atoms with Crippen molar-refractivity contribution in [3.05, 3.63) is 0 Å². The van der Waals surface area contributed by atoms with E-state index in [0.29, 0.717) is 11.8 Å². The molecule has 92 valence electrons. The summed E-state index contributed by atoms with van der Waals surface area (Å²) in [4.78, 5) is 14.2. The Morgan fingerprint density at radius 2 is 2.25 bits per heavy atom. The van der Waals surface area contributed by atoms with Crippen LogP contribution in [0.3, 0.4) is 0 Å². The molecule has 0 bridgehead atoms. The summed E-state index contributed by atoms with van der Waals surface area (Å²) in [5, 5.41) is 3.42. The van der Waals surface area contributed by atoms with Crippen LogP contribution in [-0.4, -0.2) is 37.0 Å². The summed E-state index contributed by atoms with van der Waals surface area (Å²) in [5.74, 6) is 1.72. The number of carbonyl (C=O) groups is 1. The highest BCUT2D eigenvalue weighted by Gasteiger charge is 2.43. The average molecular weight is 224 g/mol. The van der Waals surface area contributed by atoms with Gasteiger partial charge in [0.1, 0.15) is 0 Å². The third kappa shape index (κ3) is 2.24. The first-order chi connectivity index (χ1) is 7.74. The van der Waals surface area contributed by atoms with E-state index in [1.807, 2.05) is 11.9 Å². The summed E-state index contributed by atoms with van der Waals surface area (Å²) < 4.78 is 0. The van der Waals surface area contributed by atoms with Gasteiger partial charge in [-0.15, -0.1) is 0 Å². The van der Waals surface area contributed by atoms with Gasteiger partial charge >= 0.3 is 0 Å². The molecule has 2 aliphatic rings. The molecule has 2 fully saturated rings. The van der Waals surface area contributed by atoms with E-state index >= 15 is 0 Å². The Hall–Kier alpha value is -0.570. The molecule has 1 aliphatic heterocycles. The van der Waals surface area contributed by atoms with E-state index in [9.17, 15) is 4.79 Å². The second kappa shape index (κ2) is 5.17. The molecule has 1 saturated heterocycles. The SMILES string of the molecule is CCCCN(C)C(=O)C1NCC2CCCC21. The molecular formula is C13H24N2O. The van der Waals surface area contributed by atoms with Crippen LogP contribution in [0.25, 0.3) is 0 Å². The molecule has 1 aliphatic carbocycles. The molecule has 0 spiro atoms. The van der Waals surface area contributed by atoms with Crippen LogP contribution in [0, 0.1) is 11.8 Å². The molecule has 0 aromatic rings. The Morgan fingerprint density at radius 1 is 1.44 bits per heavy atom. The van der Waals surface area contributed by atoms with Crippen LogP contribution in [-0.2, 0) is 4.79 Å². The number of rotatable bonds is 4. The number of unbranched alkanes of at least 4 members (excludes halogenated alkanes) is 1. The zero-order chi connectivity index (χ0) is 11.5. The summed E-state index contributed by atoms with van der Waals surface area (Å²) in [7, 11) is 1.95. The van der Waals surface area contributed by atoms with Crippen LogP contribution < -0.4 is 5.32 Å². The van der Waals surface area contributed by atoms with Gasteiger partial charge in [0.05, 0.1) is 6.04 Å². The number of carbonyl (C=O) groups excluding carboxylic acids is 1. The van der Waals surface area contributed by atoms with Gasteiger partial charge in [0.25, 0.3) is 0 Å². The lowest BCUT2D eigenvalue weighted by molar-refractivity contribution is -0.132. The van der Waals surface area contributed by atoms with Crippen LogP contribution in [0.15, 0.2) is 0 Å². The van der Waals surface area contributed by atoms with Gasteiger partial charge in [-0.1, -0.05) is 19.8 Å². The highest BCUT2D eigenvalue weighted by Crippen LogP contribution is 2.38. The van der Waals surface area contributed by atoms with Gasteiger partial charge in [-0.3, -0.25) is 4.79 Å². The van der Waals surface area contributed by atoms with E-state index in [0.717, 1.165) is 31.8 Å². The number of nitrogens with zero attached hydrogens (tertiary/aromatic N) is 1. The highest BCUT2D eigenvalue weighted by atomic mass is 16.2. The minimum atomic E-state index is 0.120. The molecule has 2 rings (SSSR count). The predicted octanol–water partition coefficient (Wildman–Crippen LogP) is 1.63. The normalized spacial score (nSPS) is 32.8. The van der Waals surface area contributed by atoms with E-state index in [1.54, 1.807) is 0 Å². The molecule has 3 nitrogen and oxygen atoms in total. The van der Waals surface area contributed by atoms with Crippen molar-refractivity contribution in [1.29, 1.82) is 0 Å². The second-order valence-electron chi connectivity index (χ2n) is 5.35. The molecule has 16 heavy (non-hydrogen) atoms. The van der Waals surface area contributed by atoms with E-state index in [1.165, 1.54) is 19.3 Å². The predicted molar refractivity (Wildman–Crippen MR) is 65.2 cm³/mol. The Kier molecular flexibility index (Phi) is 3.85. The van der Waals surface area contributed by atoms with Crippen LogP contribution in [0.1, 0.15) is 39.0 Å². The fraction of sp³-hybridized carbons (Fsp3) is 0.923. The number of hydrogen-bond acceptors (Lipinski definition) is 2. The van der Waals surface area contributed by atoms with Gasteiger partial charge in [0.2, 0.25) is 5.91 Å². The topological polar surface area (TPSA) is 32.3 Å². The van der Waals surface area contributed by atoms with Gasteiger partial charge < -0.3 is 10.2 Å². The zero-order valence-electron chi connectivity index (χ0n) is 10.5. The maximum Gasteiger partial charge on any atom is 0.239 e. The smallest absolute Gasteiger partial charge is 0.239 e. The van der Waals surface area contributed by atoms with Crippen molar-refractivity contribution in [3.8, 4) is 0 Å². The van der Waals surface area contributed by atoms with Crippen molar-refractivity contribution >= 4 is 5.91 Å². The molecular weight excluding hydrogens is 200 g/mol. The molecule has 1 heterocycles. The first-order valence-electron chi connectivity index (χ1n) is 6.72. The lowest BCUT2D eigenvalue weighted by atomic mass is 9.93. The zero-order valence-corrected chi connectivity index (χ0v) is 10.5. The third-order valence-electron chi connectivity index (χ3n) is 4.24. The Balaban J connectivity index is 1.89. The van der Waals surface area contributed by atoms with E-state index in [-0.39, 0.29) is 6.04 Å². The Bertz CT molecular complexity index is 254. The monoisotopic (exact) mass is 224 g/mol. The standard InChI is InChI=1S/C13H24N2O/c1-3-4-8-15(2)13(16)12-11-7-5-6-10(11)9-14-12/h10-12,14H,3-9H2,1-2H3. The minimum Gasteiger partial charge on any atom is -0.344 e. The molecule has 3 heteroatoms. The van der Waals surface area contributed by atoms with Crippen LogP contribution in [0.4, 0.5) is 0 Å². The summed E-state index contributed by atoms with van der Waals surface area (Å²) in [5.41, 5.74) is 0. The summed E-state index contributed by atoms with van der Waals surface area (Å²) in [6.45, 7) is 4.13. The molecule has 3 atom stereocenters. The third-order valence-corrected chi connectivity index (χ3v) is 4.24. The van der Waals surface area contributed by atoms with Gasteiger partial charge in [-0.05, 0) is 37.6 Å². The lowest BCUT2D eigenvalue weighted by Gasteiger charge is -2.24. The number of nitrogens with one attached hydrogen (secondary N) is 1. The van der Waals surface area contributed by atoms with Gasteiger partial charge in [-0.25, -0.2) is 0 Å². The maximum absolute atomic E-state index is 12.3. The van der Waals surface area contributed by atoms with Crippen molar-refractivity contribution in [2.24, 2.45) is 11.8 Å². The van der Waals surface area contributed by atoms with Crippen molar-refractivity contribution in [3.63, 3.8) is 0 Å². The summed E-state index contributed by atoms with van der Waals surface area (Å²) in [6, 6.07) is 0.120. The number of likely N-dealkylation sites (N-methyl/N-ethyl adjacent to an activating group) is 1. The van der Waals surface area contributed by atoms with Crippen molar-refractivity contribution in [2.45, 2.75) is 45.1 Å². The molecule has 3 unspecified atom stereocenters. The highest BCUT2D eigenvalue weighted by molar-refractivity contribution is 5.82. The van der Waals surface area contributed by atoms with Gasteiger partial charge in [0.15, 0.2) is 0 Å². The fourth-order valence-corrected chi connectivity index (χ4v) is 3.20. The van der Waals surface area contributed by atoms with Crippen molar-refractivity contribution in [1.82, 2.24) is 10.2 Å². The van der Waals surface area contributed by atoms with Gasteiger partial charge in [-0.2, -0.15) is 0 Å². The first-order valence-corrected chi connectivity index (χ1v) is 6.72. The maximum atomic E-state index is 12.3. The van der Waals surface area contributed by atoms with E-state index < -0.39 is 0 Å². The second-order valence-corrected chi connectivity index (χ2v) is 5.35. The van der Waals surface area contributed by atoms with Crippen LogP contribution in [0.5, 0.6) is 0 Å². The molecule has 1 amide bonds. The summed E-state index contributed by atoms with van der Waals surface area (Å²) >= 11 is 0. The van der Waals surface area contributed by atoms with E-state index in [4.69, 9.17) is 0 Å². The minimum absolute atomic E-state index is 0.120. The van der Waals surface area contributed by atoms with Crippen LogP contribution in [0.2, 0.25) is 0 Å². The van der Waals surface area contributed by atoms with Crippen LogP contribution >= 0.6 is 0 Å². The quantitative estimate of drug-likeness (QED) is 0.787. The average Bonchev–Trinajstić information content (AvgIpc) is 2.86. The molecule has 1 saturated carbocycles. The van der Waals surface area contributed by atoms with Crippen molar-refractivity contribution in [2.75, 3.05) is 20.1 Å². The van der Waals surface area contributed by atoms with E-state index in [2.05, 4.69) is 12.2 Å². The number of amides is 1. The van der Waals surface area contributed by atoms with Crippen molar-refractivity contribution < 1.29 is 4.79 Å². The Morgan fingerprint density at radius 3 is 3.00 bits per heavy atom.